The van der Waals surface area contributed by atoms with E-state index in [4.69, 9.17) is 16.1 Å². The van der Waals surface area contributed by atoms with Crippen LogP contribution in [0.2, 0.25) is 5.02 Å². The van der Waals surface area contributed by atoms with E-state index in [0.29, 0.717) is 23.3 Å². The fourth-order valence-corrected chi connectivity index (χ4v) is 1.32. The van der Waals surface area contributed by atoms with Crippen molar-refractivity contribution in [3.05, 3.63) is 35.2 Å². The number of aromatic nitrogens is 2. The van der Waals surface area contributed by atoms with Gasteiger partial charge in [-0.15, -0.1) is 0 Å². The summed E-state index contributed by atoms with van der Waals surface area (Å²) in [4.78, 5) is 4.22. The van der Waals surface area contributed by atoms with E-state index in [1.165, 1.54) is 0 Å². The minimum absolute atomic E-state index is 0.570. The van der Waals surface area contributed by atoms with Crippen molar-refractivity contribution in [3.63, 3.8) is 0 Å². The third-order valence-corrected chi connectivity index (χ3v) is 2.15. The molecule has 1 N–H and O–H groups in total. The highest BCUT2D eigenvalue weighted by Gasteiger charge is 2.06. The fourth-order valence-electron chi connectivity index (χ4n) is 1.19. The average Bonchev–Trinajstić information content (AvgIpc) is 2.68. The summed E-state index contributed by atoms with van der Waals surface area (Å²) in [6.07, 6.45) is 0. The maximum atomic E-state index is 5.78. The van der Waals surface area contributed by atoms with Crippen molar-refractivity contribution in [1.82, 2.24) is 15.5 Å². The Labute approximate surface area is 92.3 Å². The quantitative estimate of drug-likeness (QED) is 0.866. The molecule has 4 nitrogen and oxygen atoms in total. The first kappa shape index (κ1) is 10.1. The largest absolute Gasteiger partial charge is 0.338 e. The van der Waals surface area contributed by atoms with Gasteiger partial charge in [-0.2, -0.15) is 4.98 Å². The molecule has 0 radical (unpaired) electrons. The van der Waals surface area contributed by atoms with Crippen LogP contribution in [0, 0.1) is 0 Å². The van der Waals surface area contributed by atoms with Gasteiger partial charge in [0.2, 0.25) is 11.7 Å². The maximum absolute atomic E-state index is 5.78. The molecule has 0 unspecified atom stereocenters. The number of hydrogen-bond acceptors (Lipinski definition) is 4. The summed E-state index contributed by atoms with van der Waals surface area (Å²) in [5, 5.41) is 7.50. The number of nitrogens with one attached hydrogen (secondary N) is 1. The van der Waals surface area contributed by atoms with E-state index < -0.39 is 0 Å². The molecule has 15 heavy (non-hydrogen) atoms. The van der Waals surface area contributed by atoms with Gasteiger partial charge in [0.05, 0.1) is 6.54 Å². The zero-order chi connectivity index (χ0) is 10.7. The van der Waals surface area contributed by atoms with Crippen molar-refractivity contribution in [1.29, 1.82) is 0 Å². The molecule has 2 aromatic rings. The molecule has 0 aliphatic rings. The Hall–Kier alpha value is -1.39. The minimum Gasteiger partial charge on any atom is -0.338 e. The molecule has 0 aliphatic heterocycles. The van der Waals surface area contributed by atoms with Gasteiger partial charge in [0.15, 0.2) is 0 Å². The fraction of sp³-hybridized carbons (Fsp3) is 0.200. The second-order valence-electron chi connectivity index (χ2n) is 3.05. The molecule has 78 valence electrons. The molecule has 2 rings (SSSR count). The summed E-state index contributed by atoms with van der Waals surface area (Å²) in [6, 6.07) is 7.31. The highest BCUT2D eigenvalue weighted by Crippen LogP contribution is 2.18. The first-order chi connectivity index (χ1) is 7.29. The van der Waals surface area contributed by atoms with Crippen molar-refractivity contribution >= 4 is 11.6 Å². The second-order valence-corrected chi connectivity index (χ2v) is 3.49. The molecule has 1 heterocycles. The second kappa shape index (κ2) is 4.42. The summed E-state index contributed by atoms with van der Waals surface area (Å²) in [7, 11) is 1.83. The van der Waals surface area contributed by atoms with E-state index in [9.17, 15) is 0 Å². The highest BCUT2D eigenvalue weighted by molar-refractivity contribution is 6.30. The van der Waals surface area contributed by atoms with Crippen LogP contribution in [-0.2, 0) is 6.54 Å². The van der Waals surface area contributed by atoms with Gasteiger partial charge >= 0.3 is 0 Å². The van der Waals surface area contributed by atoms with E-state index in [1.54, 1.807) is 12.1 Å². The average molecular weight is 224 g/mol. The Bertz CT molecular complexity index is 438. The third-order valence-electron chi connectivity index (χ3n) is 1.90. The number of halogens is 1. The number of nitrogens with zero attached hydrogens (tertiary/aromatic N) is 2. The molecule has 0 spiro atoms. The lowest BCUT2D eigenvalue weighted by molar-refractivity contribution is 0.372. The molecular formula is C10H10ClN3O. The van der Waals surface area contributed by atoms with Crippen LogP contribution < -0.4 is 5.32 Å². The molecule has 0 saturated carbocycles. The van der Waals surface area contributed by atoms with Crippen molar-refractivity contribution in [3.8, 4) is 11.4 Å². The van der Waals surface area contributed by atoms with Crippen molar-refractivity contribution < 1.29 is 4.52 Å². The van der Waals surface area contributed by atoms with Crippen LogP contribution in [0.4, 0.5) is 0 Å². The summed E-state index contributed by atoms with van der Waals surface area (Å²) in [5.74, 6) is 1.15. The maximum Gasteiger partial charge on any atom is 0.240 e. The topological polar surface area (TPSA) is 51.0 Å². The number of hydrogen-bond donors (Lipinski definition) is 1. The van der Waals surface area contributed by atoms with Gasteiger partial charge in [-0.05, 0) is 31.3 Å². The van der Waals surface area contributed by atoms with Crippen LogP contribution in [0.5, 0.6) is 0 Å². The third kappa shape index (κ3) is 2.34. The summed E-state index contributed by atoms with van der Waals surface area (Å²) in [6.45, 7) is 0.570. The van der Waals surface area contributed by atoms with Gasteiger partial charge < -0.3 is 9.84 Å². The van der Waals surface area contributed by atoms with Crippen molar-refractivity contribution in [2.24, 2.45) is 0 Å². The molecule has 1 aromatic heterocycles. The Balaban J connectivity index is 2.25. The molecule has 0 aliphatic carbocycles. The Morgan fingerprint density at radius 2 is 2.07 bits per heavy atom. The zero-order valence-corrected chi connectivity index (χ0v) is 8.95. The van der Waals surface area contributed by atoms with E-state index in [-0.39, 0.29) is 0 Å². The van der Waals surface area contributed by atoms with Gasteiger partial charge in [-0.25, -0.2) is 0 Å². The molecular weight excluding hydrogens is 214 g/mol. The van der Waals surface area contributed by atoms with Crippen LogP contribution in [0.3, 0.4) is 0 Å². The van der Waals surface area contributed by atoms with E-state index in [0.717, 1.165) is 5.56 Å². The number of rotatable bonds is 3. The van der Waals surface area contributed by atoms with Crippen LogP contribution in [0.15, 0.2) is 28.8 Å². The lowest BCUT2D eigenvalue weighted by atomic mass is 10.2. The molecule has 0 saturated heterocycles. The molecule has 0 amide bonds. The number of benzene rings is 1. The van der Waals surface area contributed by atoms with Crippen molar-refractivity contribution in [2.45, 2.75) is 6.54 Å². The van der Waals surface area contributed by atoms with Crippen LogP contribution >= 0.6 is 11.6 Å². The molecule has 1 aromatic carbocycles. The minimum atomic E-state index is 0.570. The van der Waals surface area contributed by atoms with Gasteiger partial charge in [0, 0.05) is 10.6 Å². The standard InChI is InChI=1S/C10H10ClN3O/c1-12-6-9-13-10(14-15-9)7-2-4-8(11)5-3-7/h2-5,12H,6H2,1H3. The van der Waals surface area contributed by atoms with Crippen LogP contribution in [0.25, 0.3) is 11.4 Å². The Morgan fingerprint density at radius 3 is 2.73 bits per heavy atom. The van der Waals surface area contributed by atoms with E-state index in [1.807, 2.05) is 19.2 Å². The predicted octanol–water partition coefficient (Wildman–Crippen LogP) is 2.11. The lowest BCUT2D eigenvalue weighted by Crippen LogP contribution is -2.04. The molecule has 0 atom stereocenters. The first-order valence-corrected chi connectivity index (χ1v) is 4.90. The van der Waals surface area contributed by atoms with Gasteiger partial charge in [-0.1, -0.05) is 16.8 Å². The SMILES string of the molecule is CNCc1nc(-c2ccc(Cl)cc2)no1. The molecule has 0 fully saturated rings. The molecule has 0 bridgehead atoms. The van der Waals surface area contributed by atoms with Gasteiger partial charge in [0.25, 0.3) is 0 Å². The predicted molar refractivity (Wildman–Crippen MR) is 57.5 cm³/mol. The van der Waals surface area contributed by atoms with Gasteiger partial charge in [-0.3, -0.25) is 0 Å². The lowest BCUT2D eigenvalue weighted by Gasteiger charge is -1.93. The van der Waals surface area contributed by atoms with Crippen LogP contribution in [-0.4, -0.2) is 17.2 Å². The summed E-state index contributed by atoms with van der Waals surface area (Å²) >= 11 is 5.78. The van der Waals surface area contributed by atoms with Crippen molar-refractivity contribution in [2.75, 3.05) is 7.05 Å². The summed E-state index contributed by atoms with van der Waals surface area (Å²) < 4.78 is 5.03. The van der Waals surface area contributed by atoms with E-state index >= 15 is 0 Å². The van der Waals surface area contributed by atoms with E-state index in [2.05, 4.69) is 15.5 Å². The van der Waals surface area contributed by atoms with Gasteiger partial charge in [0.1, 0.15) is 0 Å². The monoisotopic (exact) mass is 223 g/mol. The summed E-state index contributed by atoms with van der Waals surface area (Å²) in [5.41, 5.74) is 0.894. The smallest absolute Gasteiger partial charge is 0.240 e. The van der Waals surface area contributed by atoms with Crippen LogP contribution in [0.1, 0.15) is 5.89 Å². The Morgan fingerprint density at radius 1 is 1.33 bits per heavy atom. The Kier molecular flexibility index (Phi) is 2.99. The normalized spacial score (nSPS) is 10.5. The highest BCUT2D eigenvalue weighted by atomic mass is 35.5. The zero-order valence-electron chi connectivity index (χ0n) is 8.20. The first-order valence-electron chi connectivity index (χ1n) is 4.52. The molecule has 5 heteroatoms.